The minimum absolute atomic E-state index is 0.0432. The molecule has 0 aliphatic heterocycles. The molecule has 0 aromatic carbocycles. The molecule has 0 bridgehead atoms. The Hall–Kier alpha value is -1.21. The van der Waals surface area contributed by atoms with Gasteiger partial charge in [-0.2, -0.15) is 0 Å². The molecule has 1 amide bonds. The van der Waals surface area contributed by atoms with E-state index in [0.717, 1.165) is 12.8 Å². The number of methoxy groups -OCH3 is 1. The maximum atomic E-state index is 11.7. The molecule has 0 unspecified atom stereocenters. The van der Waals surface area contributed by atoms with E-state index in [1.54, 1.807) is 0 Å². The third-order valence-electron chi connectivity index (χ3n) is 3.30. The van der Waals surface area contributed by atoms with Gasteiger partial charge in [0.2, 0.25) is 5.91 Å². The first-order valence-electron chi connectivity index (χ1n) is 7.36. The number of ether oxygens (including phenoxy) is 2. The Morgan fingerprint density at radius 1 is 1.14 bits per heavy atom. The molecular weight excluding hydrogens is 292 g/mol. The van der Waals surface area contributed by atoms with E-state index in [9.17, 15) is 9.59 Å². The highest BCUT2D eigenvalue weighted by Crippen LogP contribution is 2.17. The van der Waals surface area contributed by atoms with Crippen LogP contribution < -0.4 is 10.6 Å². The van der Waals surface area contributed by atoms with E-state index < -0.39 is 5.97 Å². The Morgan fingerprint density at radius 2 is 1.86 bits per heavy atom. The Balaban J connectivity index is 2.11. The van der Waals surface area contributed by atoms with Gasteiger partial charge in [-0.3, -0.25) is 9.59 Å². The Bertz CT molecular complexity index is 357. The third kappa shape index (κ3) is 8.62. The number of hydrogen-bond donors (Lipinski definition) is 2. The molecule has 1 saturated carbocycles. The van der Waals surface area contributed by atoms with Crippen molar-refractivity contribution < 1.29 is 19.1 Å². The molecule has 1 rings (SSSR count). The van der Waals surface area contributed by atoms with Crippen molar-refractivity contribution in [2.24, 2.45) is 0 Å². The summed E-state index contributed by atoms with van der Waals surface area (Å²) >= 11 is 5.10. The summed E-state index contributed by atoms with van der Waals surface area (Å²) in [6.45, 7) is 0.561. The van der Waals surface area contributed by atoms with Gasteiger partial charge in [0, 0.05) is 19.6 Å². The van der Waals surface area contributed by atoms with Crippen molar-refractivity contribution in [3.8, 4) is 0 Å². The van der Waals surface area contributed by atoms with Crippen molar-refractivity contribution in [3.63, 3.8) is 0 Å². The van der Waals surface area contributed by atoms with Gasteiger partial charge in [0.15, 0.2) is 5.11 Å². The van der Waals surface area contributed by atoms with Gasteiger partial charge in [0.25, 0.3) is 0 Å². The monoisotopic (exact) mass is 316 g/mol. The number of carbonyl (C=O) groups is 2. The van der Waals surface area contributed by atoms with Crippen molar-refractivity contribution in [2.45, 2.75) is 51.0 Å². The fourth-order valence-corrected chi connectivity index (χ4v) is 2.46. The van der Waals surface area contributed by atoms with Gasteiger partial charge >= 0.3 is 5.97 Å². The van der Waals surface area contributed by atoms with Crippen LogP contribution >= 0.6 is 12.2 Å². The zero-order valence-electron chi connectivity index (χ0n) is 12.5. The SMILES string of the molecule is COCCOC(=O)CCC(=O)NC(=S)NC1CCCCC1. The van der Waals surface area contributed by atoms with Crippen molar-refractivity contribution in [2.75, 3.05) is 20.3 Å². The summed E-state index contributed by atoms with van der Waals surface area (Å²) in [7, 11) is 1.53. The van der Waals surface area contributed by atoms with Gasteiger partial charge in [-0.1, -0.05) is 19.3 Å². The second-order valence-electron chi connectivity index (χ2n) is 5.07. The molecule has 0 aromatic heterocycles. The van der Waals surface area contributed by atoms with Gasteiger partial charge in [-0.25, -0.2) is 0 Å². The number of nitrogens with one attached hydrogen (secondary N) is 2. The van der Waals surface area contributed by atoms with Crippen LogP contribution in [-0.4, -0.2) is 43.4 Å². The van der Waals surface area contributed by atoms with E-state index in [1.807, 2.05) is 0 Å². The highest BCUT2D eigenvalue weighted by atomic mass is 32.1. The van der Waals surface area contributed by atoms with Crippen LogP contribution in [0.3, 0.4) is 0 Å². The zero-order valence-corrected chi connectivity index (χ0v) is 13.3. The quantitative estimate of drug-likeness (QED) is 0.419. The lowest BCUT2D eigenvalue weighted by atomic mass is 9.96. The van der Waals surface area contributed by atoms with Gasteiger partial charge in [0.05, 0.1) is 13.0 Å². The van der Waals surface area contributed by atoms with Crippen LogP contribution in [-0.2, 0) is 19.1 Å². The Kier molecular flexibility index (Phi) is 8.93. The minimum Gasteiger partial charge on any atom is -0.463 e. The summed E-state index contributed by atoms with van der Waals surface area (Å²) in [6.07, 6.45) is 5.94. The number of thiocarbonyl (C=S) groups is 1. The lowest BCUT2D eigenvalue weighted by Gasteiger charge is -2.24. The molecule has 21 heavy (non-hydrogen) atoms. The first-order chi connectivity index (χ1) is 10.1. The number of esters is 1. The summed E-state index contributed by atoms with van der Waals surface area (Å²) in [5.74, 6) is -0.680. The summed E-state index contributed by atoms with van der Waals surface area (Å²) in [6, 6.07) is 0.352. The smallest absolute Gasteiger partial charge is 0.306 e. The van der Waals surface area contributed by atoms with E-state index in [0.29, 0.717) is 17.8 Å². The van der Waals surface area contributed by atoms with E-state index >= 15 is 0 Å². The van der Waals surface area contributed by atoms with Gasteiger partial charge in [-0.05, 0) is 25.1 Å². The summed E-state index contributed by atoms with van der Waals surface area (Å²) in [5.41, 5.74) is 0. The molecule has 6 nitrogen and oxygen atoms in total. The van der Waals surface area contributed by atoms with Crippen molar-refractivity contribution in [1.82, 2.24) is 10.6 Å². The molecule has 0 radical (unpaired) electrons. The van der Waals surface area contributed by atoms with Crippen molar-refractivity contribution in [1.29, 1.82) is 0 Å². The van der Waals surface area contributed by atoms with Crippen LogP contribution in [0.1, 0.15) is 44.9 Å². The summed E-state index contributed by atoms with van der Waals surface area (Å²) in [5, 5.41) is 6.09. The molecular formula is C14H24N2O4S. The van der Waals surface area contributed by atoms with Gasteiger partial charge in [0.1, 0.15) is 6.61 Å². The fraction of sp³-hybridized carbons (Fsp3) is 0.786. The number of amides is 1. The van der Waals surface area contributed by atoms with E-state index in [4.69, 9.17) is 21.7 Å². The third-order valence-corrected chi connectivity index (χ3v) is 3.52. The Labute approximate surface area is 130 Å². The summed E-state index contributed by atoms with van der Waals surface area (Å²) < 4.78 is 9.63. The van der Waals surface area contributed by atoms with E-state index in [2.05, 4.69) is 10.6 Å². The highest BCUT2D eigenvalue weighted by molar-refractivity contribution is 7.80. The zero-order chi connectivity index (χ0) is 15.5. The maximum absolute atomic E-state index is 11.7. The Morgan fingerprint density at radius 3 is 2.52 bits per heavy atom. The van der Waals surface area contributed by atoms with Crippen LogP contribution in [0.15, 0.2) is 0 Å². The molecule has 0 atom stereocenters. The minimum atomic E-state index is -0.409. The number of carbonyl (C=O) groups excluding carboxylic acids is 2. The first-order valence-corrected chi connectivity index (χ1v) is 7.77. The van der Waals surface area contributed by atoms with Crippen molar-refractivity contribution >= 4 is 29.2 Å². The lowest BCUT2D eigenvalue weighted by molar-refractivity contribution is -0.146. The van der Waals surface area contributed by atoms with Crippen LogP contribution in [0.25, 0.3) is 0 Å². The highest BCUT2D eigenvalue weighted by Gasteiger charge is 2.15. The van der Waals surface area contributed by atoms with Gasteiger partial charge < -0.3 is 20.1 Å². The number of rotatable bonds is 7. The molecule has 2 N–H and O–H groups in total. The normalized spacial score (nSPS) is 15.3. The predicted octanol–water partition coefficient (Wildman–Crippen LogP) is 1.28. The standard InChI is InChI=1S/C14H24N2O4S/c1-19-9-10-20-13(18)8-7-12(17)16-14(21)15-11-5-3-2-4-6-11/h11H,2-10H2,1H3,(H2,15,16,17,21). The van der Waals surface area contributed by atoms with Crippen LogP contribution in [0.5, 0.6) is 0 Å². The molecule has 0 saturated heterocycles. The second-order valence-corrected chi connectivity index (χ2v) is 5.48. The predicted molar refractivity (Wildman–Crippen MR) is 82.8 cm³/mol. The number of hydrogen-bond acceptors (Lipinski definition) is 5. The molecule has 1 fully saturated rings. The molecule has 0 spiro atoms. The van der Waals surface area contributed by atoms with E-state index in [-0.39, 0.29) is 25.4 Å². The fourth-order valence-electron chi connectivity index (χ4n) is 2.18. The molecule has 7 heteroatoms. The molecule has 0 aromatic rings. The summed E-state index contributed by atoms with van der Waals surface area (Å²) in [4.78, 5) is 23.0. The topological polar surface area (TPSA) is 76.7 Å². The molecule has 1 aliphatic carbocycles. The molecule has 120 valence electrons. The molecule has 0 heterocycles. The van der Waals surface area contributed by atoms with Gasteiger partial charge in [-0.15, -0.1) is 0 Å². The molecule has 1 aliphatic rings. The van der Waals surface area contributed by atoms with Crippen LogP contribution in [0, 0.1) is 0 Å². The average Bonchev–Trinajstić information content (AvgIpc) is 2.46. The maximum Gasteiger partial charge on any atom is 0.306 e. The average molecular weight is 316 g/mol. The largest absolute Gasteiger partial charge is 0.463 e. The van der Waals surface area contributed by atoms with Crippen molar-refractivity contribution in [3.05, 3.63) is 0 Å². The van der Waals surface area contributed by atoms with Crippen LogP contribution in [0.4, 0.5) is 0 Å². The lowest BCUT2D eigenvalue weighted by Crippen LogP contribution is -2.45. The van der Waals surface area contributed by atoms with Crippen LogP contribution in [0.2, 0.25) is 0 Å². The first kappa shape index (κ1) is 17.8. The second kappa shape index (κ2) is 10.5. The van der Waals surface area contributed by atoms with E-state index in [1.165, 1.54) is 26.4 Å².